The summed E-state index contributed by atoms with van der Waals surface area (Å²) in [4.78, 5) is 12.0. The van der Waals surface area contributed by atoms with E-state index >= 15 is 0 Å². The Balaban J connectivity index is 2.25. The maximum absolute atomic E-state index is 12.0. The van der Waals surface area contributed by atoms with Crippen LogP contribution in [0.3, 0.4) is 0 Å². The largest absolute Gasteiger partial charge is 0.493 e. The molecule has 1 heterocycles. The molecule has 0 bridgehead atoms. The number of methoxy groups -OCH3 is 1. The molecule has 0 saturated carbocycles. The Morgan fingerprint density at radius 2 is 2.24 bits per heavy atom. The number of carbonyl (C=O) groups is 1. The van der Waals surface area contributed by atoms with Crippen LogP contribution in [-0.2, 0) is 9.53 Å². The average molecular weight is 356 g/mol. The third-order valence-corrected chi connectivity index (χ3v) is 4.24. The van der Waals surface area contributed by atoms with Crippen LogP contribution in [0.5, 0.6) is 5.75 Å². The Morgan fingerprint density at radius 1 is 1.48 bits per heavy atom. The third kappa shape index (κ3) is 3.98. The maximum Gasteiger partial charge on any atom is 0.323 e. The van der Waals surface area contributed by atoms with Crippen LogP contribution in [0.15, 0.2) is 22.7 Å². The lowest BCUT2D eigenvalue weighted by molar-refractivity contribution is -0.144. The van der Waals surface area contributed by atoms with Crippen molar-refractivity contribution in [2.45, 2.75) is 38.8 Å². The van der Waals surface area contributed by atoms with Crippen molar-refractivity contribution in [1.82, 2.24) is 5.32 Å². The molecule has 0 aliphatic carbocycles. The standard InChI is InChI=1S/C16H22BrNO3/c1-10(2)15(16(19)20-3)18-13-5-4-8-21-14-9-11(17)6-7-12(13)14/h6-7,9-10,13,15,18H,4-5,8H2,1-3H3. The van der Waals surface area contributed by atoms with E-state index in [1.54, 1.807) is 0 Å². The molecular weight excluding hydrogens is 334 g/mol. The molecule has 4 nitrogen and oxygen atoms in total. The van der Waals surface area contributed by atoms with Gasteiger partial charge in [-0.15, -0.1) is 0 Å². The molecule has 2 atom stereocenters. The van der Waals surface area contributed by atoms with Gasteiger partial charge in [0.1, 0.15) is 11.8 Å². The van der Waals surface area contributed by atoms with E-state index in [0.717, 1.165) is 28.6 Å². The lowest BCUT2D eigenvalue weighted by Gasteiger charge is -2.26. The predicted octanol–water partition coefficient (Wildman–Crippen LogP) is 3.45. The highest BCUT2D eigenvalue weighted by Gasteiger charge is 2.28. The Hall–Kier alpha value is -1.07. The first-order valence-corrected chi connectivity index (χ1v) is 8.08. The van der Waals surface area contributed by atoms with Crippen molar-refractivity contribution in [3.8, 4) is 5.75 Å². The van der Waals surface area contributed by atoms with E-state index in [-0.39, 0.29) is 24.0 Å². The van der Waals surface area contributed by atoms with Crippen molar-refractivity contribution in [2.24, 2.45) is 5.92 Å². The summed E-state index contributed by atoms with van der Waals surface area (Å²) in [5, 5.41) is 3.45. The number of hydrogen-bond donors (Lipinski definition) is 1. The molecule has 2 rings (SSSR count). The molecule has 0 amide bonds. The number of nitrogens with one attached hydrogen (secondary N) is 1. The summed E-state index contributed by atoms with van der Waals surface area (Å²) in [6.45, 7) is 4.74. The number of benzene rings is 1. The number of hydrogen-bond acceptors (Lipinski definition) is 4. The van der Waals surface area contributed by atoms with E-state index in [0.29, 0.717) is 6.61 Å². The van der Waals surface area contributed by atoms with Crippen LogP contribution in [0.4, 0.5) is 0 Å². The first kappa shape index (κ1) is 16.3. The zero-order valence-corrected chi connectivity index (χ0v) is 14.3. The summed E-state index contributed by atoms with van der Waals surface area (Å²) in [6.07, 6.45) is 1.89. The smallest absolute Gasteiger partial charge is 0.323 e. The van der Waals surface area contributed by atoms with Crippen LogP contribution in [-0.4, -0.2) is 25.7 Å². The second-order valence-electron chi connectivity index (χ2n) is 5.64. The van der Waals surface area contributed by atoms with Crippen LogP contribution >= 0.6 is 15.9 Å². The van der Waals surface area contributed by atoms with E-state index in [1.807, 2.05) is 26.0 Å². The Morgan fingerprint density at radius 3 is 2.90 bits per heavy atom. The number of rotatable bonds is 4. The van der Waals surface area contributed by atoms with Crippen LogP contribution in [0.25, 0.3) is 0 Å². The summed E-state index contributed by atoms with van der Waals surface area (Å²) >= 11 is 3.47. The van der Waals surface area contributed by atoms with Crippen molar-refractivity contribution in [2.75, 3.05) is 13.7 Å². The minimum atomic E-state index is -0.311. The van der Waals surface area contributed by atoms with Gasteiger partial charge in [-0.05, 0) is 30.9 Å². The van der Waals surface area contributed by atoms with Gasteiger partial charge in [-0.2, -0.15) is 0 Å². The molecule has 0 spiro atoms. The van der Waals surface area contributed by atoms with Crippen LogP contribution in [0.2, 0.25) is 0 Å². The first-order chi connectivity index (χ1) is 10.0. The molecule has 0 fully saturated rings. The maximum atomic E-state index is 12.0. The fourth-order valence-corrected chi connectivity index (χ4v) is 2.94. The number of halogens is 1. The summed E-state index contributed by atoms with van der Waals surface area (Å²) in [7, 11) is 1.43. The molecule has 1 aromatic carbocycles. The van der Waals surface area contributed by atoms with Crippen LogP contribution in [0, 0.1) is 5.92 Å². The SMILES string of the molecule is COC(=O)C(NC1CCCOc2cc(Br)ccc21)C(C)C. The van der Waals surface area contributed by atoms with Gasteiger partial charge in [0, 0.05) is 16.1 Å². The summed E-state index contributed by atoms with van der Waals surface area (Å²) in [5.74, 6) is 0.834. The van der Waals surface area contributed by atoms with Gasteiger partial charge in [0.2, 0.25) is 0 Å². The van der Waals surface area contributed by atoms with Crippen molar-refractivity contribution in [3.05, 3.63) is 28.2 Å². The monoisotopic (exact) mass is 355 g/mol. The average Bonchev–Trinajstić information content (AvgIpc) is 2.65. The lowest BCUT2D eigenvalue weighted by Crippen LogP contribution is -2.43. The fraction of sp³-hybridized carbons (Fsp3) is 0.562. The zero-order chi connectivity index (χ0) is 15.4. The van der Waals surface area contributed by atoms with Gasteiger partial charge in [0.05, 0.1) is 13.7 Å². The molecular formula is C16H22BrNO3. The van der Waals surface area contributed by atoms with Gasteiger partial charge >= 0.3 is 5.97 Å². The molecule has 5 heteroatoms. The van der Waals surface area contributed by atoms with Crippen molar-refractivity contribution >= 4 is 21.9 Å². The number of fused-ring (bicyclic) bond motifs is 1. The van der Waals surface area contributed by atoms with E-state index in [2.05, 4.69) is 27.3 Å². The Kier molecular flexibility index (Phi) is 5.65. The van der Waals surface area contributed by atoms with Crippen LogP contribution < -0.4 is 10.1 Å². The highest BCUT2D eigenvalue weighted by molar-refractivity contribution is 9.10. The summed E-state index contributed by atoms with van der Waals surface area (Å²) in [5.41, 5.74) is 1.10. The third-order valence-electron chi connectivity index (χ3n) is 3.75. The normalized spacial score (nSPS) is 19.4. The molecule has 21 heavy (non-hydrogen) atoms. The number of ether oxygens (including phenoxy) is 2. The topological polar surface area (TPSA) is 47.6 Å². The number of esters is 1. The minimum absolute atomic E-state index is 0.0992. The molecule has 116 valence electrons. The summed E-state index contributed by atoms with van der Waals surface area (Å²) < 4.78 is 11.7. The van der Waals surface area contributed by atoms with E-state index in [1.165, 1.54) is 7.11 Å². The van der Waals surface area contributed by atoms with Gasteiger partial charge in [-0.3, -0.25) is 10.1 Å². The van der Waals surface area contributed by atoms with E-state index in [9.17, 15) is 4.79 Å². The van der Waals surface area contributed by atoms with Crippen LogP contribution in [0.1, 0.15) is 38.3 Å². The molecule has 1 aliphatic rings. The number of carbonyl (C=O) groups excluding carboxylic acids is 1. The molecule has 1 aliphatic heterocycles. The van der Waals surface area contributed by atoms with Crippen molar-refractivity contribution in [3.63, 3.8) is 0 Å². The first-order valence-electron chi connectivity index (χ1n) is 7.29. The summed E-state index contributed by atoms with van der Waals surface area (Å²) in [6, 6.07) is 5.83. The van der Waals surface area contributed by atoms with Gasteiger partial charge in [-0.1, -0.05) is 35.8 Å². The molecule has 0 saturated heterocycles. The van der Waals surface area contributed by atoms with Gasteiger partial charge in [0.25, 0.3) is 0 Å². The van der Waals surface area contributed by atoms with E-state index < -0.39 is 0 Å². The second kappa shape index (κ2) is 7.27. The molecule has 1 N–H and O–H groups in total. The highest BCUT2D eigenvalue weighted by Crippen LogP contribution is 2.34. The molecule has 1 aromatic rings. The van der Waals surface area contributed by atoms with Gasteiger partial charge in [0.15, 0.2) is 0 Å². The zero-order valence-electron chi connectivity index (χ0n) is 12.7. The molecule has 0 aromatic heterocycles. The highest BCUT2D eigenvalue weighted by atomic mass is 79.9. The Bertz CT molecular complexity index is 504. The minimum Gasteiger partial charge on any atom is -0.493 e. The fourth-order valence-electron chi connectivity index (χ4n) is 2.60. The van der Waals surface area contributed by atoms with Crippen molar-refractivity contribution in [1.29, 1.82) is 0 Å². The van der Waals surface area contributed by atoms with Gasteiger partial charge < -0.3 is 9.47 Å². The molecule has 0 radical (unpaired) electrons. The van der Waals surface area contributed by atoms with Crippen molar-refractivity contribution < 1.29 is 14.3 Å². The van der Waals surface area contributed by atoms with E-state index in [4.69, 9.17) is 9.47 Å². The second-order valence-corrected chi connectivity index (χ2v) is 6.55. The predicted molar refractivity (Wildman–Crippen MR) is 85.4 cm³/mol. The Labute approximate surface area is 134 Å². The lowest BCUT2D eigenvalue weighted by atomic mass is 9.97. The molecule has 2 unspecified atom stereocenters. The quantitative estimate of drug-likeness (QED) is 0.840. The van der Waals surface area contributed by atoms with Gasteiger partial charge in [-0.25, -0.2) is 0 Å².